The Morgan fingerprint density at radius 2 is 1.88 bits per heavy atom. The Morgan fingerprint density at radius 1 is 1.16 bits per heavy atom. The Balaban J connectivity index is 1.63. The minimum absolute atomic E-state index is 0.305. The lowest BCUT2D eigenvalue weighted by molar-refractivity contribution is -0.124. The average molecular weight is 436 g/mol. The molecule has 1 fully saturated rings. The fourth-order valence-electron chi connectivity index (χ4n) is 3.86. The van der Waals surface area contributed by atoms with Crippen LogP contribution in [0.25, 0.3) is 0 Å². The fourth-order valence-corrected chi connectivity index (χ4v) is 3.86. The molecule has 1 aliphatic carbocycles. The van der Waals surface area contributed by atoms with Crippen molar-refractivity contribution in [3.63, 3.8) is 0 Å². The van der Waals surface area contributed by atoms with Crippen molar-refractivity contribution in [2.45, 2.75) is 56.8 Å². The minimum atomic E-state index is -1.10. The summed E-state index contributed by atoms with van der Waals surface area (Å²) in [4.78, 5) is 13.1. The molecule has 0 radical (unpaired) electrons. The number of aliphatic hydroxyl groups excluding tert-OH is 1. The highest BCUT2D eigenvalue weighted by molar-refractivity contribution is 5.83. The lowest BCUT2D eigenvalue weighted by Gasteiger charge is -2.25. The van der Waals surface area contributed by atoms with Crippen LogP contribution >= 0.6 is 0 Å². The number of benzene rings is 2. The number of aliphatic hydroxyl groups is 1. The number of carbonyl (C=O) groups excluding carboxylic acids is 1. The van der Waals surface area contributed by atoms with E-state index in [1.807, 2.05) is 43.3 Å². The number of hydrogen-bond donors (Lipinski definition) is 3. The third-order valence-corrected chi connectivity index (χ3v) is 5.95. The quantitative estimate of drug-likeness (QED) is 0.670. The Morgan fingerprint density at radius 3 is 2.56 bits per heavy atom. The molecular formula is C25H29N3O4. The van der Waals surface area contributed by atoms with Crippen LogP contribution in [-0.2, 0) is 11.2 Å². The monoisotopic (exact) mass is 435 g/mol. The third-order valence-electron chi connectivity index (χ3n) is 5.95. The maximum absolute atomic E-state index is 13.1. The van der Waals surface area contributed by atoms with Crippen LogP contribution in [0.1, 0.15) is 48.6 Å². The van der Waals surface area contributed by atoms with Gasteiger partial charge in [-0.1, -0.05) is 30.3 Å². The summed E-state index contributed by atoms with van der Waals surface area (Å²) in [5, 5.41) is 26.3. The zero-order chi connectivity index (χ0) is 22.6. The summed E-state index contributed by atoms with van der Waals surface area (Å²) in [7, 11) is 0. The van der Waals surface area contributed by atoms with Crippen LogP contribution in [0.3, 0.4) is 0 Å². The molecule has 0 spiro atoms. The van der Waals surface area contributed by atoms with E-state index in [2.05, 4.69) is 16.7 Å². The number of carbonyl (C=O) groups is 1. The minimum Gasteiger partial charge on any atom is -0.493 e. The molecule has 2 bridgehead atoms. The van der Waals surface area contributed by atoms with E-state index >= 15 is 0 Å². The second-order valence-corrected chi connectivity index (χ2v) is 8.55. The molecule has 1 saturated carbocycles. The van der Waals surface area contributed by atoms with Gasteiger partial charge in [-0.2, -0.15) is 5.26 Å². The van der Waals surface area contributed by atoms with Gasteiger partial charge in [0.25, 0.3) is 0 Å². The highest BCUT2D eigenvalue weighted by atomic mass is 16.5. The van der Waals surface area contributed by atoms with Crippen molar-refractivity contribution in [2.24, 2.45) is 0 Å². The van der Waals surface area contributed by atoms with E-state index in [4.69, 9.17) is 9.47 Å². The molecule has 2 unspecified atom stereocenters. The Kier molecular flexibility index (Phi) is 6.63. The first-order chi connectivity index (χ1) is 15.5. The second kappa shape index (κ2) is 9.60. The van der Waals surface area contributed by atoms with Crippen molar-refractivity contribution in [2.75, 3.05) is 13.2 Å². The molecule has 0 aromatic heterocycles. The number of para-hydroxylation sites is 1. The van der Waals surface area contributed by atoms with Gasteiger partial charge in [0.2, 0.25) is 5.91 Å². The van der Waals surface area contributed by atoms with E-state index in [1.54, 1.807) is 6.07 Å². The van der Waals surface area contributed by atoms with Gasteiger partial charge in [0.05, 0.1) is 25.3 Å². The maximum Gasteiger partial charge on any atom is 0.238 e. The van der Waals surface area contributed by atoms with Crippen LogP contribution in [0, 0.1) is 18.3 Å². The molecule has 5 rings (SSSR count). The highest BCUT2D eigenvalue weighted by Gasteiger charge is 2.45. The topological polar surface area (TPSA) is 104 Å². The number of nitrogens with one attached hydrogen (secondary N) is 2. The van der Waals surface area contributed by atoms with Crippen molar-refractivity contribution < 1.29 is 19.4 Å². The molecule has 2 aliphatic heterocycles. The fraction of sp³-hybridized carbons (Fsp3) is 0.440. The van der Waals surface area contributed by atoms with E-state index in [0.717, 1.165) is 29.7 Å². The van der Waals surface area contributed by atoms with Gasteiger partial charge in [0.1, 0.15) is 23.3 Å². The zero-order valence-electron chi connectivity index (χ0n) is 18.3. The standard InChI is InChI=1S/C25H29N3O4/c1-17-14-18-8-9-21(17)31-12-4-5-13-32-22-7-3-2-6-19(22)23(29)27-20(15-18)24(30)28-25(16-26)10-11-25/h2-3,6-9,14,20,23,27,29H,4-5,10-13,15H2,1H3,(H,28,30). The molecule has 2 atom stereocenters. The van der Waals surface area contributed by atoms with E-state index in [-0.39, 0.29) is 5.91 Å². The number of nitrogens with zero attached hydrogens (tertiary/aromatic N) is 1. The Bertz CT molecular complexity index is 1010. The van der Waals surface area contributed by atoms with Crippen molar-refractivity contribution >= 4 is 5.91 Å². The molecule has 0 saturated heterocycles. The number of amides is 1. The summed E-state index contributed by atoms with van der Waals surface area (Å²) < 4.78 is 11.8. The molecule has 7 nitrogen and oxygen atoms in total. The van der Waals surface area contributed by atoms with Crippen molar-refractivity contribution in [1.29, 1.82) is 5.26 Å². The van der Waals surface area contributed by atoms with Crippen molar-refractivity contribution in [1.82, 2.24) is 10.6 Å². The van der Waals surface area contributed by atoms with Gasteiger partial charge in [0.15, 0.2) is 0 Å². The predicted molar refractivity (Wildman–Crippen MR) is 119 cm³/mol. The summed E-state index contributed by atoms with van der Waals surface area (Å²) in [5.41, 5.74) is 1.72. The van der Waals surface area contributed by atoms with Crippen LogP contribution < -0.4 is 20.1 Å². The van der Waals surface area contributed by atoms with Crippen LogP contribution in [0.15, 0.2) is 42.5 Å². The summed E-state index contributed by atoms with van der Waals surface area (Å²) in [6.07, 6.45) is 2.21. The van der Waals surface area contributed by atoms with Crippen LogP contribution in [-0.4, -0.2) is 35.8 Å². The molecule has 7 heteroatoms. The number of aryl methyl sites for hydroxylation is 1. The molecule has 32 heavy (non-hydrogen) atoms. The third kappa shape index (κ3) is 5.21. The van der Waals surface area contributed by atoms with Gasteiger partial charge in [-0.05, 0) is 62.3 Å². The van der Waals surface area contributed by atoms with Gasteiger partial charge in [-0.15, -0.1) is 0 Å². The lowest BCUT2D eigenvalue weighted by atomic mass is 10.0. The van der Waals surface area contributed by atoms with Crippen molar-refractivity contribution in [3.8, 4) is 17.6 Å². The van der Waals surface area contributed by atoms with E-state index < -0.39 is 17.8 Å². The Hall–Kier alpha value is -3.08. The average Bonchev–Trinajstić information content (AvgIpc) is 3.56. The molecule has 168 valence electrons. The van der Waals surface area contributed by atoms with Gasteiger partial charge in [-0.3, -0.25) is 10.1 Å². The molecule has 1 amide bonds. The van der Waals surface area contributed by atoms with Gasteiger partial charge in [0, 0.05) is 5.56 Å². The van der Waals surface area contributed by atoms with Crippen LogP contribution in [0.4, 0.5) is 0 Å². The number of ether oxygens (including phenoxy) is 2. The first-order valence-corrected chi connectivity index (χ1v) is 11.1. The second-order valence-electron chi connectivity index (χ2n) is 8.55. The SMILES string of the molecule is Cc1cc2ccc1OCCCCOc1ccccc1C(O)NC(C(=O)NC1(C#N)CC1)C2. The highest BCUT2D eigenvalue weighted by Crippen LogP contribution is 2.34. The largest absolute Gasteiger partial charge is 0.493 e. The van der Waals surface area contributed by atoms with Crippen LogP contribution in [0.5, 0.6) is 11.5 Å². The molecule has 3 N–H and O–H groups in total. The van der Waals surface area contributed by atoms with Gasteiger partial charge < -0.3 is 19.9 Å². The van der Waals surface area contributed by atoms with E-state index in [0.29, 0.717) is 43.8 Å². The number of fused-ring (bicyclic) bond motifs is 10. The summed E-state index contributed by atoms with van der Waals surface area (Å²) in [5.74, 6) is 1.10. The zero-order valence-corrected chi connectivity index (χ0v) is 18.3. The number of hydrogen-bond acceptors (Lipinski definition) is 6. The van der Waals surface area contributed by atoms with E-state index in [1.165, 1.54) is 0 Å². The summed E-state index contributed by atoms with van der Waals surface area (Å²) >= 11 is 0. The number of rotatable bonds is 2. The van der Waals surface area contributed by atoms with Gasteiger partial charge >= 0.3 is 0 Å². The predicted octanol–water partition coefficient (Wildman–Crippen LogP) is 2.91. The molecule has 2 aromatic carbocycles. The molecule has 2 heterocycles. The smallest absolute Gasteiger partial charge is 0.238 e. The Labute approximate surface area is 188 Å². The summed E-state index contributed by atoms with van der Waals surface area (Å²) in [6, 6.07) is 14.6. The van der Waals surface area contributed by atoms with Crippen molar-refractivity contribution in [3.05, 3.63) is 59.2 Å². The lowest BCUT2D eigenvalue weighted by Crippen LogP contribution is -2.50. The summed E-state index contributed by atoms with van der Waals surface area (Å²) in [6.45, 7) is 3.07. The normalized spacial score (nSPS) is 22.5. The van der Waals surface area contributed by atoms with Crippen LogP contribution in [0.2, 0.25) is 0 Å². The first-order valence-electron chi connectivity index (χ1n) is 11.1. The molecule has 2 aromatic rings. The van der Waals surface area contributed by atoms with E-state index in [9.17, 15) is 15.2 Å². The van der Waals surface area contributed by atoms with Gasteiger partial charge in [-0.25, -0.2) is 0 Å². The maximum atomic E-state index is 13.1. The molecule has 3 aliphatic rings. The molecular weight excluding hydrogens is 406 g/mol. The first kappa shape index (κ1) is 22.1. The number of nitriles is 1.